The Kier molecular flexibility index (Phi) is 5.43. The van der Waals surface area contributed by atoms with E-state index in [9.17, 15) is 14.7 Å². The number of hydrogen-bond acceptors (Lipinski definition) is 4. The van der Waals surface area contributed by atoms with Gasteiger partial charge in [-0.2, -0.15) is 0 Å². The third-order valence-corrected chi connectivity index (χ3v) is 2.65. The summed E-state index contributed by atoms with van der Waals surface area (Å²) in [4.78, 5) is 24.5. The molecule has 0 aromatic carbocycles. The fraction of sp³-hybridized carbons (Fsp3) is 0.818. The zero-order chi connectivity index (χ0) is 13.3. The monoisotopic (exact) mass is 280 g/mol. The summed E-state index contributed by atoms with van der Waals surface area (Å²) < 4.78 is 5.22. The third kappa shape index (κ3) is 3.74. The molecule has 0 bridgehead atoms. The molecule has 0 spiro atoms. The Morgan fingerprint density at radius 1 is 1.39 bits per heavy atom. The van der Waals surface area contributed by atoms with Crippen LogP contribution < -0.4 is 5.32 Å². The SMILES string of the molecule is CC(C)(C)OC(=O)N1CCNC[C@]1(C)C(=O)O.Cl. The lowest BCUT2D eigenvalue weighted by molar-refractivity contribution is -0.151. The van der Waals surface area contributed by atoms with Crippen LogP contribution >= 0.6 is 12.4 Å². The van der Waals surface area contributed by atoms with E-state index in [0.717, 1.165) is 0 Å². The Morgan fingerprint density at radius 2 is 1.94 bits per heavy atom. The third-order valence-electron chi connectivity index (χ3n) is 2.65. The molecule has 2 N–H and O–H groups in total. The second-order valence-corrected chi connectivity index (χ2v) is 5.39. The average molecular weight is 281 g/mol. The molecule has 0 radical (unpaired) electrons. The maximum atomic E-state index is 11.9. The molecule has 0 aromatic rings. The highest BCUT2D eigenvalue weighted by Crippen LogP contribution is 2.21. The molecular formula is C11H21ClN2O4. The minimum absolute atomic E-state index is 0. The first kappa shape index (κ1) is 17.0. The van der Waals surface area contributed by atoms with Crippen LogP contribution in [-0.4, -0.2) is 52.8 Å². The number of carboxylic acid groups (broad SMARTS) is 1. The summed E-state index contributed by atoms with van der Waals surface area (Å²) in [6, 6.07) is 0. The second kappa shape index (κ2) is 5.75. The summed E-state index contributed by atoms with van der Waals surface area (Å²) in [5.41, 5.74) is -1.87. The van der Waals surface area contributed by atoms with Gasteiger partial charge in [0.25, 0.3) is 0 Å². The molecule has 1 aliphatic heterocycles. The molecule has 0 unspecified atom stereocenters. The molecule has 1 atom stereocenters. The topological polar surface area (TPSA) is 78.9 Å². The summed E-state index contributed by atoms with van der Waals surface area (Å²) in [5, 5.41) is 12.2. The minimum atomic E-state index is -1.25. The number of nitrogens with one attached hydrogen (secondary N) is 1. The Balaban J connectivity index is 0.00000289. The van der Waals surface area contributed by atoms with E-state index in [-0.39, 0.29) is 19.0 Å². The summed E-state index contributed by atoms with van der Waals surface area (Å²) in [6.07, 6.45) is -0.580. The van der Waals surface area contributed by atoms with Gasteiger partial charge in [-0.15, -0.1) is 12.4 Å². The van der Waals surface area contributed by atoms with Crippen molar-refractivity contribution in [2.24, 2.45) is 0 Å². The normalized spacial score (nSPS) is 24.1. The molecule has 7 heteroatoms. The maximum absolute atomic E-state index is 11.9. The van der Waals surface area contributed by atoms with Gasteiger partial charge in [0.15, 0.2) is 5.54 Å². The lowest BCUT2D eigenvalue weighted by Gasteiger charge is -2.42. The van der Waals surface area contributed by atoms with E-state index in [2.05, 4.69) is 5.32 Å². The van der Waals surface area contributed by atoms with Crippen LogP contribution in [0.25, 0.3) is 0 Å². The van der Waals surface area contributed by atoms with Crippen molar-refractivity contribution in [3.05, 3.63) is 0 Å². The molecule has 1 rings (SSSR count). The molecule has 1 fully saturated rings. The van der Waals surface area contributed by atoms with Crippen molar-refractivity contribution in [2.45, 2.75) is 38.8 Å². The zero-order valence-corrected chi connectivity index (χ0v) is 12.0. The Morgan fingerprint density at radius 3 is 2.39 bits per heavy atom. The van der Waals surface area contributed by atoms with E-state index in [1.807, 2.05) is 0 Å². The number of halogens is 1. The number of amides is 1. The van der Waals surface area contributed by atoms with Gasteiger partial charge in [0.1, 0.15) is 5.60 Å². The molecule has 1 aliphatic rings. The van der Waals surface area contributed by atoms with Crippen LogP contribution in [0.1, 0.15) is 27.7 Å². The van der Waals surface area contributed by atoms with Crippen molar-refractivity contribution < 1.29 is 19.4 Å². The van der Waals surface area contributed by atoms with Gasteiger partial charge in [0, 0.05) is 19.6 Å². The molecule has 0 saturated carbocycles. The Labute approximate surface area is 113 Å². The molecular weight excluding hydrogens is 260 g/mol. The molecule has 106 valence electrons. The van der Waals surface area contributed by atoms with Crippen molar-refractivity contribution in [3.63, 3.8) is 0 Å². The number of carboxylic acids is 1. The van der Waals surface area contributed by atoms with Gasteiger partial charge in [-0.3, -0.25) is 4.90 Å². The first-order chi connectivity index (χ1) is 7.67. The summed E-state index contributed by atoms with van der Waals surface area (Å²) >= 11 is 0. The van der Waals surface area contributed by atoms with Gasteiger partial charge >= 0.3 is 12.1 Å². The highest BCUT2D eigenvalue weighted by molar-refractivity contribution is 5.85. The lowest BCUT2D eigenvalue weighted by atomic mass is 9.98. The van der Waals surface area contributed by atoms with Gasteiger partial charge in [-0.1, -0.05) is 0 Å². The van der Waals surface area contributed by atoms with Gasteiger partial charge in [-0.05, 0) is 27.7 Å². The van der Waals surface area contributed by atoms with Crippen LogP contribution in [0.3, 0.4) is 0 Å². The highest BCUT2D eigenvalue weighted by atomic mass is 35.5. The van der Waals surface area contributed by atoms with Crippen LogP contribution in [0.4, 0.5) is 4.79 Å². The van der Waals surface area contributed by atoms with Crippen molar-refractivity contribution >= 4 is 24.5 Å². The van der Waals surface area contributed by atoms with Crippen molar-refractivity contribution in [1.29, 1.82) is 0 Å². The first-order valence-electron chi connectivity index (χ1n) is 5.61. The molecule has 0 aliphatic carbocycles. The van der Waals surface area contributed by atoms with Gasteiger partial charge in [0.05, 0.1) is 0 Å². The predicted molar refractivity (Wildman–Crippen MR) is 69.1 cm³/mol. The average Bonchev–Trinajstić information content (AvgIpc) is 2.15. The number of carbonyl (C=O) groups is 2. The van der Waals surface area contributed by atoms with E-state index >= 15 is 0 Å². The summed E-state index contributed by atoms with van der Waals surface area (Å²) in [5.74, 6) is -1.03. The standard InChI is InChI=1S/C11H20N2O4.ClH/c1-10(2,3)17-9(16)13-6-5-12-7-11(13,4)8(14)15;/h12H,5-7H2,1-4H3,(H,14,15);1H/t11-;/m1./s1. The van der Waals surface area contributed by atoms with E-state index in [0.29, 0.717) is 13.1 Å². The molecule has 18 heavy (non-hydrogen) atoms. The van der Waals surface area contributed by atoms with Crippen molar-refractivity contribution in [3.8, 4) is 0 Å². The number of piperazine rings is 1. The number of carbonyl (C=O) groups excluding carboxylic acids is 1. The number of hydrogen-bond donors (Lipinski definition) is 2. The number of nitrogens with zero attached hydrogens (tertiary/aromatic N) is 1. The van der Waals surface area contributed by atoms with Gasteiger partial charge in [-0.25, -0.2) is 9.59 Å². The van der Waals surface area contributed by atoms with Crippen LogP contribution in [-0.2, 0) is 9.53 Å². The van der Waals surface area contributed by atoms with Gasteiger partial charge < -0.3 is 15.2 Å². The smallest absolute Gasteiger partial charge is 0.411 e. The van der Waals surface area contributed by atoms with Crippen molar-refractivity contribution in [2.75, 3.05) is 19.6 Å². The van der Waals surface area contributed by atoms with Crippen LogP contribution in [0, 0.1) is 0 Å². The lowest BCUT2D eigenvalue weighted by Crippen LogP contribution is -2.65. The first-order valence-corrected chi connectivity index (χ1v) is 5.61. The zero-order valence-electron chi connectivity index (χ0n) is 11.1. The van der Waals surface area contributed by atoms with Crippen LogP contribution in [0.5, 0.6) is 0 Å². The van der Waals surface area contributed by atoms with Crippen LogP contribution in [0.15, 0.2) is 0 Å². The predicted octanol–water partition coefficient (Wildman–Crippen LogP) is 1.09. The molecule has 1 heterocycles. The molecule has 6 nitrogen and oxygen atoms in total. The largest absolute Gasteiger partial charge is 0.479 e. The van der Waals surface area contributed by atoms with E-state index < -0.39 is 23.2 Å². The molecule has 0 aromatic heterocycles. The Bertz CT molecular complexity index is 329. The fourth-order valence-corrected chi connectivity index (χ4v) is 1.67. The quantitative estimate of drug-likeness (QED) is 0.752. The van der Waals surface area contributed by atoms with Crippen molar-refractivity contribution in [1.82, 2.24) is 10.2 Å². The molecule has 1 saturated heterocycles. The van der Waals surface area contributed by atoms with E-state index in [4.69, 9.17) is 4.74 Å². The second-order valence-electron chi connectivity index (χ2n) is 5.39. The number of rotatable bonds is 1. The summed E-state index contributed by atoms with van der Waals surface area (Å²) in [7, 11) is 0. The fourth-order valence-electron chi connectivity index (χ4n) is 1.67. The minimum Gasteiger partial charge on any atom is -0.479 e. The van der Waals surface area contributed by atoms with Gasteiger partial charge in [0.2, 0.25) is 0 Å². The number of aliphatic carboxylic acids is 1. The summed E-state index contributed by atoms with van der Waals surface area (Å²) in [6.45, 7) is 7.91. The maximum Gasteiger partial charge on any atom is 0.411 e. The van der Waals surface area contributed by atoms with E-state index in [1.165, 1.54) is 11.8 Å². The number of ether oxygens (including phenoxy) is 1. The van der Waals surface area contributed by atoms with E-state index in [1.54, 1.807) is 20.8 Å². The highest BCUT2D eigenvalue weighted by Gasteiger charge is 2.45. The Hall–Kier alpha value is -1.01. The van der Waals surface area contributed by atoms with Crippen LogP contribution in [0.2, 0.25) is 0 Å². The molecule has 1 amide bonds.